The number of nitrogens with two attached hydrogens (primary N) is 2. The second-order valence-corrected chi connectivity index (χ2v) is 4.28. The Morgan fingerprint density at radius 2 is 2.19 bits per heavy atom. The van der Waals surface area contributed by atoms with Crippen LogP contribution in [0.5, 0.6) is 5.75 Å². The Morgan fingerprint density at radius 1 is 1.44 bits per heavy atom. The second kappa shape index (κ2) is 4.22. The first kappa shape index (κ1) is 11.1. The first-order valence-electron chi connectivity index (χ1n) is 5.63. The van der Waals surface area contributed by atoms with Crippen molar-refractivity contribution in [2.45, 2.75) is 25.5 Å². The Kier molecular flexibility index (Phi) is 2.92. The average Bonchev–Trinajstić information content (AvgIpc) is 2.27. The minimum absolute atomic E-state index is 0.118. The highest BCUT2D eigenvalue weighted by atomic mass is 16.5. The molecule has 0 saturated carbocycles. The number of hydrogen-bond donors (Lipinski definition) is 2. The van der Waals surface area contributed by atoms with Gasteiger partial charge in [0.25, 0.3) is 0 Å². The normalized spacial score (nSPS) is 23.8. The van der Waals surface area contributed by atoms with Gasteiger partial charge in [0.1, 0.15) is 6.10 Å². The number of fused-ring (bicyclic) bond motifs is 1. The summed E-state index contributed by atoms with van der Waals surface area (Å²) in [5, 5.41) is 0. The van der Waals surface area contributed by atoms with Crippen LogP contribution >= 0.6 is 0 Å². The van der Waals surface area contributed by atoms with E-state index in [0.29, 0.717) is 18.3 Å². The molecular weight excluding hydrogens is 202 g/mol. The third-order valence-electron chi connectivity index (χ3n) is 3.27. The van der Waals surface area contributed by atoms with Crippen LogP contribution in [0.15, 0.2) is 18.2 Å². The third-order valence-corrected chi connectivity index (χ3v) is 3.27. The molecule has 2 unspecified atom stereocenters. The Morgan fingerprint density at radius 3 is 2.88 bits per heavy atom. The molecule has 88 valence electrons. The molecular formula is C12H19N3O. The van der Waals surface area contributed by atoms with Crippen molar-refractivity contribution in [2.75, 3.05) is 24.2 Å². The molecule has 2 atom stereocenters. The van der Waals surface area contributed by atoms with Crippen molar-refractivity contribution in [1.29, 1.82) is 0 Å². The highest BCUT2D eigenvalue weighted by Crippen LogP contribution is 2.39. The molecule has 1 aromatic rings. The summed E-state index contributed by atoms with van der Waals surface area (Å²) in [6, 6.07) is 6.16. The van der Waals surface area contributed by atoms with E-state index in [1.54, 1.807) is 0 Å². The molecule has 0 radical (unpaired) electrons. The Balaban J connectivity index is 2.36. The molecule has 0 spiro atoms. The lowest BCUT2D eigenvalue weighted by molar-refractivity contribution is 0.155. The number of hydrogen-bond acceptors (Lipinski definition) is 4. The number of nitrogen functional groups attached to an aromatic ring is 1. The van der Waals surface area contributed by atoms with Crippen molar-refractivity contribution >= 4 is 11.4 Å². The van der Waals surface area contributed by atoms with Gasteiger partial charge in [-0.2, -0.15) is 0 Å². The summed E-state index contributed by atoms with van der Waals surface area (Å²) in [6.45, 7) is 2.78. The fourth-order valence-corrected chi connectivity index (χ4v) is 2.13. The van der Waals surface area contributed by atoms with E-state index in [1.165, 1.54) is 0 Å². The van der Waals surface area contributed by atoms with E-state index in [4.69, 9.17) is 16.2 Å². The summed E-state index contributed by atoms with van der Waals surface area (Å²) in [6.07, 6.45) is 0.964. The lowest BCUT2D eigenvalue weighted by atomic mass is 10.0. The Bertz CT molecular complexity index is 381. The van der Waals surface area contributed by atoms with Crippen LogP contribution in [0.3, 0.4) is 0 Å². The van der Waals surface area contributed by atoms with E-state index < -0.39 is 0 Å². The molecule has 1 aromatic carbocycles. The van der Waals surface area contributed by atoms with Crippen LogP contribution in [0.2, 0.25) is 0 Å². The van der Waals surface area contributed by atoms with Crippen molar-refractivity contribution in [2.24, 2.45) is 5.73 Å². The van der Waals surface area contributed by atoms with E-state index in [9.17, 15) is 0 Å². The molecule has 1 heterocycles. The van der Waals surface area contributed by atoms with Crippen molar-refractivity contribution < 1.29 is 4.74 Å². The van der Waals surface area contributed by atoms with E-state index in [-0.39, 0.29) is 6.10 Å². The summed E-state index contributed by atoms with van der Waals surface area (Å²) in [5.74, 6) is 0.793. The average molecular weight is 221 g/mol. The number of nitrogens with zero attached hydrogens (tertiary/aromatic N) is 1. The van der Waals surface area contributed by atoms with Crippen LogP contribution in [-0.4, -0.2) is 25.7 Å². The van der Waals surface area contributed by atoms with Gasteiger partial charge < -0.3 is 21.1 Å². The Hall–Kier alpha value is -1.42. The topological polar surface area (TPSA) is 64.5 Å². The van der Waals surface area contributed by atoms with E-state index in [0.717, 1.165) is 17.9 Å². The maximum atomic E-state index is 5.94. The van der Waals surface area contributed by atoms with Gasteiger partial charge in [0.15, 0.2) is 5.75 Å². The predicted octanol–water partition coefficient (Wildman–Crippen LogP) is 1.20. The van der Waals surface area contributed by atoms with Crippen molar-refractivity contribution in [3.05, 3.63) is 18.2 Å². The molecule has 0 amide bonds. The minimum atomic E-state index is 0.118. The smallest absolute Gasteiger partial charge is 0.165 e. The van der Waals surface area contributed by atoms with Gasteiger partial charge in [0.2, 0.25) is 0 Å². The summed E-state index contributed by atoms with van der Waals surface area (Å²) in [7, 11) is 2.06. The zero-order valence-electron chi connectivity index (χ0n) is 9.81. The van der Waals surface area contributed by atoms with Gasteiger partial charge in [0, 0.05) is 7.05 Å². The van der Waals surface area contributed by atoms with Crippen molar-refractivity contribution in [1.82, 2.24) is 0 Å². The SMILES string of the molecule is CC1C(CCN)Oc2c(N)cccc2N1C. The molecule has 4 N–H and O–H groups in total. The van der Waals surface area contributed by atoms with E-state index in [1.807, 2.05) is 18.2 Å². The monoisotopic (exact) mass is 221 g/mol. The number of para-hydroxylation sites is 1. The Labute approximate surface area is 96.2 Å². The molecule has 0 aliphatic carbocycles. The van der Waals surface area contributed by atoms with Crippen LogP contribution in [0.25, 0.3) is 0 Å². The maximum Gasteiger partial charge on any atom is 0.165 e. The van der Waals surface area contributed by atoms with Crippen molar-refractivity contribution in [3.8, 4) is 5.75 Å². The molecule has 1 aliphatic rings. The summed E-state index contributed by atoms with van der Waals surface area (Å²) in [4.78, 5) is 2.20. The molecule has 0 aromatic heterocycles. The minimum Gasteiger partial charge on any atom is -0.484 e. The standard InChI is InChI=1S/C12H19N3O/c1-8-11(6-7-13)16-12-9(14)4-3-5-10(12)15(8)2/h3-5,8,11H,6-7,13-14H2,1-2H3. The van der Waals surface area contributed by atoms with Gasteiger partial charge in [-0.05, 0) is 32.0 Å². The number of rotatable bonds is 2. The number of benzene rings is 1. The summed E-state index contributed by atoms with van der Waals surface area (Å²) < 4.78 is 5.94. The van der Waals surface area contributed by atoms with Crippen molar-refractivity contribution in [3.63, 3.8) is 0 Å². The lowest BCUT2D eigenvalue weighted by Crippen LogP contribution is -2.46. The fraction of sp³-hybridized carbons (Fsp3) is 0.500. The summed E-state index contributed by atoms with van der Waals surface area (Å²) >= 11 is 0. The first-order chi connectivity index (χ1) is 7.65. The third kappa shape index (κ3) is 1.69. The first-order valence-corrected chi connectivity index (χ1v) is 5.63. The zero-order valence-corrected chi connectivity index (χ0v) is 9.81. The maximum absolute atomic E-state index is 5.94. The quantitative estimate of drug-likeness (QED) is 0.737. The molecule has 0 fully saturated rings. The molecule has 0 saturated heterocycles. The highest BCUT2D eigenvalue weighted by Gasteiger charge is 2.30. The fourth-order valence-electron chi connectivity index (χ4n) is 2.13. The zero-order chi connectivity index (χ0) is 11.7. The van der Waals surface area contributed by atoms with Crippen LogP contribution in [-0.2, 0) is 0 Å². The molecule has 1 aliphatic heterocycles. The van der Waals surface area contributed by atoms with Gasteiger partial charge >= 0.3 is 0 Å². The van der Waals surface area contributed by atoms with Crippen LogP contribution in [0, 0.1) is 0 Å². The molecule has 4 heteroatoms. The van der Waals surface area contributed by atoms with Gasteiger partial charge in [-0.3, -0.25) is 0 Å². The van der Waals surface area contributed by atoms with Gasteiger partial charge in [-0.1, -0.05) is 6.07 Å². The number of likely N-dealkylation sites (N-methyl/N-ethyl adjacent to an activating group) is 1. The largest absolute Gasteiger partial charge is 0.484 e. The van der Waals surface area contributed by atoms with Crippen LogP contribution < -0.4 is 21.1 Å². The van der Waals surface area contributed by atoms with Crippen LogP contribution in [0.4, 0.5) is 11.4 Å². The van der Waals surface area contributed by atoms with Gasteiger partial charge in [-0.25, -0.2) is 0 Å². The predicted molar refractivity (Wildman–Crippen MR) is 66.8 cm³/mol. The molecule has 0 bridgehead atoms. The van der Waals surface area contributed by atoms with Gasteiger partial charge in [-0.15, -0.1) is 0 Å². The van der Waals surface area contributed by atoms with Crippen LogP contribution in [0.1, 0.15) is 13.3 Å². The summed E-state index contributed by atoms with van der Waals surface area (Å²) in [5.41, 5.74) is 13.3. The molecule has 4 nitrogen and oxygen atoms in total. The molecule has 2 rings (SSSR count). The molecule has 16 heavy (non-hydrogen) atoms. The second-order valence-electron chi connectivity index (χ2n) is 4.28. The number of ether oxygens (including phenoxy) is 1. The lowest BCUT2D eigenvalue weighted by Gasteiger charge is -2.40. The van der Waals surface area contributed by atoms with Gasteiger partial charge in [0.05, 0.1) is 17.4 Å². The van der Waals surface area contributed by atoms with E-state index >= 15 is 0 Å². The number of anilines is 2. The van der Waals surface area contributed by atoms with E-state index in [2.05, 4.69) is 18.9 Å². The highest BCUT2D eigenvalue weighted by molar-refractivity contribution is 5.71.